The molecule has 0 spiro atoms. The molecule has 0 aromatic heterocycles. The Morgan fingerprint density at radius 1 is 0.875 bits per heavy atom. The zero-order valence-corrected chi connectivity index (χ0v) is 16.3. The van der Waals surface area contributed by atoms with Crippen LogP contribution in [0, 0.1) is 0 Å². The number of nitrogens with one attached hydrogen (secondary N) is 1. The molecule has 3 rings (SSSR count). The Hall–Kier alpha value is -2.44. The van der Waals surface area contributed by atoms with Gasteiger partial charge in [-0.1, -0.05) is 23.7 Å². The summed E-state index contributed by atoms with van der Waals surface area (Å²) >= 11 is 5.98. The third kappa shape index (κ3) is 4.39. The normalized spacial score (nSPS) is 19.7. The van der Waals surface area contributed by atoms with Crippen LogP contribution in [-0.2, 0) is 29.3 Å². The zero-order chi connectivity index (χ0) is 24.1. The van der Waals surface area contributed by atoms with Gasteiger partial charge in [-0.3, -0.25) is 10.3 Å². The lowest BCUT2D eigenvalue weighted by Crippen LogP contribution is -2.43. The Kier molecular flexibility index (Phi) is 5.94. The molecule has 1 aliphatic rings. The van der Waals surface area contributed by atoms with E-state index in [1.807, 2.05) is 5.48 Å². The fraction of sp³-hybridized carbons (Fsp3) is 0.263. The molecular formula is C19H12ClF9N2O. The average molecular weight is 491 g/mol. The summed E-state index contributed by atoms with van der Waals surface area (Å²) in [6.07, 6.45) is -15.8. The van der Waals surface area contributed by atoms with Crippen molar-refractivity contribution in [2.24, 2.45) is 5.73 Å². The topological polar surface area (TPSA) is 47.3 Å². The number of hydroxylamine groups is 1. The predicted octanol–water partition coefficient (Wildman–Crippen LogP) is 6.17. The van der Waals surface area contributed by atoms with Gasteiger partial charge in [0.1, 0.15) is 0 Å². The molecule has 1 unspecified atom stereocenters. The monoisotopic (exact) mass is 490 g/mol. The van der Waals surface area contributed by atoms with Crippen LogP contribution in [0.25, 0.3) is 5.70 Å². The van der Waals surface area contributed by atoms with Crippen LogP contribution >= 0.6 is 11.6 Å². The third-order valence-corrected chi connectivity index (χ3v) is 5.04. The van der Waals surface area contributed by atoms with Crippen molar-refractivity contribution in [2.45, 2.75) is 30.7 Å². The Balaban J connectivity index is 2.23. The minimum atomic E-state index is -5.43. The predicted molar refractivity (Wildman–Crippen MR) is 95.7 cm³/mol. The lowest BCUT2D eigenvalue weighted by Gasteiger charge is -2.29. The largest absolute Gasteiger partial charge is 0.428 e. The van der Waals surface area contributed by atoms with Gasteiger partial charge in [0.15, 0.2) is 0 Å². The van der Waals surface area contributed by atoms with Gasteiger partial charge < -0.3 is 5.73 Å². The maximum Gasteiger partial charge on any atom is 0.428 e. The van der Waals surface area contributed by atoms with Gasteiger partial charge in [0.2, 0.25) is 5.60 Å². The second-order valence-corrected chi connectivity index (χ2v) is 7.21. The number of benzene rings is 2. The second-order valence-electron chi connectivity index (χ2n) is 6.80. The third-order valence-electron chi connectivity index (χ3n) is 4.69. The number of alkyl halides is 9. The van der Waals surface area contributed by atoms with E-state index in [0.717, 1.165) is 0 Å². The fourth-order valence-corrected chi connectivity index (χ4v) is 3.29. The first-order valence-electron chi connectivity index (χ1n) is 8.61. The van der Waals surface area contributed by atoms with E-state index < -0.39 is 40.8 Å². The quantitative estimate of drug-likeness (QED) is 0.506. The summed E-state index contributed by atoms with van der Waals surface area (Å²) in [5.41, 5.74) is -1.32. The lowest BCUT2D eigenvalue weighted by molar-refractivity contribution is -0.269. The van der Waals surface area contributed by atoms with Crippen molar-refractivity contribution in [1.82, 2.24) is 5.48 Å². The van der Waals surface area contributed by atoms with Gasteiger partial charge >= 0.3 is 18.5 Å². The van der Waals surface area contributed by atoms with Crippen molar-refractivity contribution in [3.63, 3.8) is 0 Å². The molecule has 2 aromatic rings. The van der Waals surface area contributed by atoms with E-state index in [1.54, 1.807) is 0 Å². The smallest absolute Gasteiger partial charge is 0.326 e. The molecule has 0 saturated heterocycles. The number of halogens is 10. The second kappa shape index (κ2) is 7.85. The summed E-state index contributed by atoms with van der Waals surface area (Å²) in [5, 5.41) is 0.0932. The molecule has 0 radical (unpaired) electrons. The molecule has 1 heterocycles. The molecule has 13 heteroatoms. The molecule has 0 saturated carbocycles. The molecule has 174 valence electrons. The van der Waals surface area contributed by atoms with Gasteiger partial charge in [-0.05, 0) is 35.9 Å². The minimum absolute atomic E-state index is 0.0268. The van der Waals surface area contributed by atoms with Crippen LogP contribution in [-0.4, -0.2) is 6.18 Å². The standard InChI is InChI=1S/C19H12ClF9N2O/c20-14-3-9(1-2-10(14)8-30)15-7-16(32-31-15,19(27,28)29)11-4-12(17(21,22)23)6-13(5-11)18(24,25)26/h1-7,31H,8,30H2. The molecule has 32 heavy (non-hydrogen) atoms. The highest BCUT2D eigenvalue weighted by molar-refractivity contribution is 6.31. The van der Waals surface area contributed by atoms with E-state index in [1.165, 1.54) is 18.2 Å². The van der Waals surface area contributed by atoms with Crippen LogP contribution in [0.15, 0.2) is 42.5 Å². The Morgan fingerprint density at radius 2 is 1.44 bits per heavy atom. The van der Waals surface area contributed by atoms with E-state index >= 15 is 0 Å². The summed E-state index contributed by atoms with van der Waals surface area (Å²) in [6.45, 7) is 0.0268. The minimum Gasteiger partial charge on any atom is -0.326 e. The number of hydrogen-bond donors (Lipinski definition) is 2. The number of hydrogen-bond acceptors (Lipinski definition) is 3. The van der Waals surface area contributed by atoms with Crippen molar-refractivity contribution in [1.29, 1.82) is 0 Å². The SMILES string of the molecule is NCc1ccc(C2=CC(c3cc(C(F)(F)F)cc(C(F)(F)F)c3)(C(F)(F)F)ON2)cc1Cl. The maximum atomic E-state index is 14.0. The van der Waals surface area contributed by atoms with Crippen LogP contribution in [0.5, 0.6) is 0 Å². The van der Waals surface area contributed by atoms with Crippen LogP contribution < -0.4 is 11.2 Å². The van der Waals surface area contributed by atoms with Gasteiger partial charge in [-0.2, -0.15) is 39.5 Å². The van der Waals surface area contributed by atoms with Crippen LogP contribution in [0.3, 0.4) is 0 Å². The summed E-state index contributed by atoms with van der Waals surface area (Å²) in [4.78, 5) is 4.62. The van der Waals surface area contributed by atoms with Crippen LogP contribution in [0.2, 0.25) is 5.02 Å². The summed E-state index contributed by atoms with van der Waals surface area (Å²) in [6, 6.07) is 3.61. The first-order chi connectivity index (χ1) is 14.6. The van der Waals surface area contributed by atoms with E-state index in [4.69, 9.17) is 17.3 Å². The van der Waals surface area contributed by atoms with Crippen LogP contribution in [0.4, 0.5) is 39.5 Å². The highest BCUT2D eigenvalue weighted by Gasteiger charge is 2.60. The van der Waals surface area contributed by atoms with Gasteiger partial charge in [0.25, 0.3) is 0 Å². The molecule has 0 aliphatic carbocycles. The fourth-order valence-electron chi connectivity index (χ4n) is 3.04. The number of rotatable bonds is 3. The number of nitrogens with two attached hydrogens (primary N) is 1. The summed E-state index contributed by atoms with van der Waals surface area (Å²) < 4.78 is 121. The van der Waals surface area contributed by atoms with E-state index in [-0.39, 0.29) is 41.0 Å². The van der Waals surface area contributed by atoms with E-state index in [0.29, 0.717) is 11.6 Å². The maximum absolute atomic E-state index is 14.0. The van der Waals surface area contributed by atoms with E-state index in [2.05, 4.69) is 4.84 Å². The Bertz CT molecular complexity index is 1030. The summed E-state index contributed by atoms with van der Waals surface area (Å²) in [7, 11) is 0. The van der Waals surface area contributed by atoms with Crippen LogP contribution in [0.1, 0.15) is 27.8 Å². The molecular weight excluding hydrogens is 479 g/mol. The highest BCUT2D eigenvalue weighted by Crippen LogP contribution is 2.49. The molecule has 3 nitrogen and oxygen atoms in total. The van der Waals surface area contributed by atoms with E-state index in [9.17, 15) is 39.5 Å². The molecule has 0 amide bonds. The zero-order valence-electron chi connectivity index (χ0n) is 15.5. The Labute approximate surface area is 179 Å². The average Bonchev–Trinajstić information content (AvgIpc) is 3.13. The van der Waals surface area contributed by atoms with Gasteiger partial charge in [-0.15, -0.1) is 0 Å². The lowest BCUT2D eigenvalue weighted by atomic mass is 9.88. The molecule has 0 fully saturated rings. The Morgan fingerprint density at radius 3 is 1.88 bits per heavy atom. The molecule has 1 atom stereocenters. The first-order valence-corrected chi connectivity index (χ1v) is 8.99. The first kappa shape index (κ1) is 24.2. The summed E-state index contributed by atoms with van der Waals surface area (Å²) in [5.74, 6) is 0. The van der Waals surface area contributed by atoms with Crippen molar-refractivity contribution in [3.8, 4) is 0 Å². The van der Waals surface area contributed by atoms with Crippen molar-refractivity contribution < 1.29 is 44.4 Å². The highest BCUT2D eigenvalue weighted by atomic mass is 35.5. The molecule has 3 N–H and O–H groups in total. The van der Waals surface area contributed by atoms with Crippen molar-refractivity contribution >= 4 is 17.3 Å². The molecule has 1 aliphatic heterocycles. The van der Waals surface area contributed by atoms with Gasteiger partial charge in [0.05, 0.1) is 16.8 Å². The molecule has 0 bridgehead atoms. The molecule has 2 aromatic carbocycles. The van der Waals surface area contributed by atoms with Gasteiger partial charge in [-0.25, -0.2) is 0 Å². The van der Waals surface area contributed by atoms with Crippen molar-refractivity contribution in [3.05, 3.63) is 75.3 Å². The van der Waals surface area contributed by atoms with Crippen molar-refractivity contribution in [2.75, 3.05) is 0 Å². The van der Waals surface area contributed by atoms with Gasteiger partial charge in [0, 0.05) is 22.7 Å².